The maximum absolute atomic E-state index is 12.1. The molecule has 0 bridgehead atoms. The highest BCUT2D eigenvalue weighted by Crippen LogP contribution is 2.17. The first-order chi connectivity index (χ1) is 8.97. The normalized spacial score (nSPS) is 13.7. The predicted octanol–water partition coefficient (Wildman–Crippen LogP) is 2.31. The number of hydrogen-bond donors (Lipinski definition) is 1. The second-order valence-electron chi connectivity index (χ2n) is 4.91. The van der Waals surface area contributed by atoms with Gasteiger partial charge in [-0.15, -0.1) is 0 Å². The van der Waals surface area contributed by atoms with Gasteiger partial charge in [-0.25, -0.2) is 4.79 Å². The van der Waals surface area contributed by atoms with Crippen molar-refractivity contribution in [3.63, 3.8) is 0 Å². The summed E-state index contributed by atoms with van der Waals surface area (Å²) >= 11 is 0. The van der Waals surface area contributed by atoms with Crippen molar-refractivity contribution in [3.8, 4) is 0 Å². The first-order valence-corrected chi connectivity index (χ1v) is 6.40. The van der Waals surface area contributed by atoms with Crippen LogP contribution >= 0.6 is 0 Å². The molecule has 1 aromatic carbocycles. The standard InChI is InChI=1S/C15H21NO3/c1-10(2)11(3)14(17)16-13(15(18)19-4)12-8-6-5-7-9-12/h5-11,13H,1-4H3,(H,16,17). The lowest BCUT2D eigenvalue weighted by molar-refractivity contribution is -0.146. The molecule has 2 unspecified atom stereocenters. The number of rotatable bonds is 5. The molecular weight excluding hydrogens is 242 g/mol. The Hall–Kier alpha value is -1.84. The van der Waals surface area contributed by atoms with E-state index in [2.05, 4.69) is 5.32 Å². The third-order valence-corrected chi connectivity index (χ3v) is 3.27. The van der Waals surface area contributed by atoms with Crippen molar-refractivity contribution < 1.29 is 14.3 Å². The van der Waals surface area contributed by atoms with E-state index in [0.717, 1.165) is 5.56 Å². The van der Waals surface area contributed by atoms with Gasteiger partial charge in [-0.05, 0) is 11.5 Å². The van der Waals surface area contributed by atoms with Crippen LogP contribution in [0.3, 0.4) is 0 Å². The molecule has 0 radical (unpaired) electrons. The summed E-state index contributed by atoms with van der Waals surface area (Å²) in [5, 5.41) is 2.75. The van der Waals surface area contributed by atoms with Crippen molar-refractivity contribution in [2.24, 2.45) is 11.8 Å². The maximum atomic E-state index is 12.1. The van der Waals surface area contributed by atoms with Crippen LogP contribution in [0.15, 0.2) is 30.3 Å². The summed E-state index contributed by atoms with van der Waals surface area (Å²) in [5.41, 5.74) is 0.721. The number of amides is 1. The summed E-state index contributed by atoms with van der Waals surface area (Å²) in [6.45, 7) is 5.79. The van der Waals surface area contributed by atoms with Crippen LogP contribution in [-0.2, 0) is 14.3 Å². The Morgan fingerprint density at radius 2 is 1.68 bits per heavy atom. The van der Waals surface area contributed by atoms with E-state index in [1.807, 2.05) is 39.0 Å². The van der Waals surface area contributed by atoms with Crippen LogP contribution in [0.5, 0.6) is 0 Å². The van der Waals surface area contributed by atoms with Crippen molar-refractivity contribution in [2.45, 2.75) is 26.8 Å². The molecule has 104 valence electrons. The Kier molecular flexibility index (Phi) is 5.55. The largest absolute Gasteiger partial charge is 0.467 e. The third-order valence-electron chi connectivity index (χ3n) is 3.27. The van der Waals surface area contributed by atoms with E-state index >= 15 is 0 Å². The van der Waals surface area contributed by atoms with Crippen LogP contribution in [0.4, 0.5) is 0 Å². The lowest BCUT2D eigenvalue weighted by Gasteiger charge is -2.21. The van der Waals surface area contributed by atoms with Crippen molar-refractivity contribution in [1.29, 1.82) is 0 Å². The van der Waals surface area contributed by atoms with Crippen LogP contribution in [0.2, 0.25) is 0 Å². The molecule has 4 nitrogen and oxygen atoms in total. The van der Waals surface area contributed by atoms with E-state index in [1.54, 1.807) is 12.1 Å². The Morgan fingerprint density at radius 3 is 2.16 bits per heavy atom. The zero-order valence-electron chi connectivity index (χ0n) is 11.8. The average Bonchev–Trinajstić information content (AvgIpc) is 2.43. The fourth-order valence-corrected chi connectivity index (χ4v) is 1.62. The molecule has 0 fully saturated rings. The van der Waals surface area contributed by atoms with Gasteiger partial charge in [0.1, 0.15) is 0 Å². The van der Waals surface area contributed by atoms with Crippen LogP contribution in [0.1, 0.15) is 32.4 Å². The molecule has 19 heavy (non-hydrogen) atoms. The smallest absolute Gasteiger partial charge is 0.333 e. The van der Waals surface area contributed by atoms with E-state index in [9.17, 15) is 9.59 Å². The summed E-state index contributed by atoms with van der Waals surface area (Å²) in [5.74, 6) is -0.547. The third kappa shape index (κ3) is 4.09. The minimum Gasteiger partial charge on any atom is -0.467 e. The van der Waals surface area contributed by atoms with Crippen molar-refractivity contribution >= 4 is 11.9 Å². The molecule has 1 rings (SSSR count). The highest BCUT2D eigenvalue weighted by Gasteiger charge is 2.26. The lowest BCUT2D eigenvalue weighted by atomic mass is 9.96. The Bertz CT molecular complexity index is 428. The van der Waals surface area contributed by atoms with E-state index in [-0.39, 0.29) is 17.7 Å². The second-order valence-corrected chi connectivity index (χ2v) is 4.91. The van der Waals surface area contributed by atoms with E-state index in [1.165, 1.54) is 7.11 Å². The van der Waals surface area contributed by atoms with E-state index in [4.69, 9.17) is 4.74 Å². The summed E-state index contributed by atoms with van der Waals surface area (Å²) in [6.07, 6.45) is 0. The highest BCUT2D eigenvalue weighted by atomic mass is 16.5. The van der Waals surface area contributed by atoms with Gasteiger partial charge in [0.25, 0.3) is 0 Å². The van der Waals surface area contributed by atoms with E-state index < -0.39 is 12.0 Å². The van der Waals surface area contributed by atoms with Gasteiger partial charge in [-0.3, -0.25) is 4.79 Å². The van der Waals surface area contributed by atoms with Crippen LogP contribution in [0, 0.1) is 11.8 Å². The molecule has 0 aliphatic heterocycles. The minimum absolute atomic E-state index is 0.144. The number of benzene rings is 1. The zero-order chi connectivity index (χ0) is 14.4. The predicted molar refractivity (Wildman–Crippen MR) is 73.3 cm³/mol. The van der Waals surface area contributed by atoms with Crippen LogP contribution in [0.25, 0.3) is 0 Å². The van der Waals surface area contributed by atoms with Gasteiger partial charge in [-0.1, -0.05) is 51.1 Å². The molecule has 0 spiro atoms. The molecular formula is C15H21NO3. The first-order valence-electron chi connectivity index (χ1n) is 6.40. The number of esters is 1. The van der Waals surface area contributed by atoms with Crippen LogP contribution in [-0.4, -0.2) is 19.0 Å². The number of methoxy groups -OCH3 is 1. The maximum Gasteiger partial charge on any atom is 0.333 e. The fraction of sp³-hybridized carbons (Fsp3) is 0.467. The summed E-state index contributed by atoms with van der Waals surface area (Å²) in [7, 11) is 1.32. The average molecular weight is 263 g/mol. The van der Waals surface area contributed by atoms with Gasteiger partial charge in [0.15, 0.2) is 6.04 Å². The summed E-state index contributed by atoms with van der Waals surface area (Å²) in [4.78, 5) is 23.9. The zero-order valence-corrected chi connectivity index (χ0v) is 11.8. The Labute approximate surface area is 114 Å². The lowest BCUT2D eigenvalue weighted by Crippen LogP contribution is -2.38. The van der Waals surface area contributed by atoms with Crippen molar-refractivity contribution in [1.82, 2.24) is 5.32 Å². The highest BCUT2D eigenvalue weighted by molar-refractivity contribution is 5.86. The summed E-state index contributed by atoms with van der Waals surface area (Å²) in [6, 6.07) is 8.34. The van der Waals surface area contributed by atoms with Crippen molar-refractivity contribution in [3.05, 3.63) is 35.9 Å². The van der Waals surface area contributed by atoms with Gasteiger partial charge in [0, 0.05) is 5.92 Å². The molecule has 1 aromatic rings. The van der Waals surface area contributed by atoms with Gasteiger partial charge in [-0.2, -0.15) is 0 Å². The van der Waals surface area contributed by atoms with Crippen molar-refractivity contribution in [2.75, 3.05) is 7.11 Å². The SMILES string of the molecule is COC(=O)C(NC(=O)C(C)C(C)C)c1ccccc1. The molecule has 0 aliphatic carbocycles. The number of carbonyl (C=O) groups excluding carboxylic acids is 2. The van der Waals surface area contributed by atoms with Crippen LogP contribution < -0.4 is 5.32 Å². The number of nitrogens with one attached hydrogen (secondary N) is 1. The molecule has 0 saturated heterocycles. The molecule has 2 atom stereocenters. The fourth-order valence-electron chi connectivity index (χ4n) is 1.62. The van der Waals surface area contributed by atoms with Gasteiger partial charge < -0.3 is 10.1 Å². The molecule has 0 aliphatic rings. The topological polar surface area (TPSA) is 55.4 Å². The molecule has 1 N–H and O–H groups in total. The number of hydrogen-bond acceptors (Lipinski definition) is 3. The molecule has 0 heterocycles. The quantitative estimate of drug-likeness (QED) is 0.829. The molecule has 1 amide bonds. The van der Waals surface area contributed by atoms with Gasteiger partial charge >= 0.3 is 5.97 Å². The molecule has 0 aromatic heterocycles. The minimum atomic E-state index is -0.750. The Morgan fingerprint density at radius 1 is 1.11 bits per heavy atom. The first kappa shape index (κ1) is 15.2. The van der Waals surface area contributed by atoms with E-state index in [0.29, 0.717) is 0 Å². The summed E-state index contributed by atoms with van der Waals surface area (Å²) < 4.78 is 4.75. The molecule has 4 heteroatoms. The second kappa shape index (κ2) is 6.92. The van der Waals surface area contributed by atoms with Gasteiger partial charge in [0.05, 0.1) is 7.11 Å². The molecule has 0 saturated carbocycles. The number of ether oxygens (including phenoxy) is 1. The monoisotopic (exact) mass is 263 g/mol. The Balaban J connectivity index is 2.88. The van der Waals surface area contributed by atoms with Gasteiger partial charge in [0.2, 0.25) is 5.91 Å². The number of carbonyl (C=O) groups is 2.